The minimum atomic E-state index is 0.217. The standard InChI is InChI=1S/C18H26N4S/c1-14-5-9-22(10-6-14)17(18-4-3-11-23-18)13-21-15(2)16-12-19-7-8-20-16/h3-4,7-8,11-12,14-15,17,21H,5-6,9-10,13H2,1-2H3/t15-,17+/m0/s1. The second-order valence-electron chi connectivity index (χ2n) is 6.51. The maximum atomic E-state index is 4.41. The Hall–Kier alpha value is -1.30. The van der Waals surface area contributed by atoms with Crippen molar-refractivity contribution in [2.75, 3.05) is 19.6 Å². The molecule has 1 N–H and O–H groups in total. The van der Waals surface area contributed by atoms with Crippen molar-refractivity contribution in [3.8, 4) is 0 Å². The van der Waals surface area contributed by atoms with Crippen LogP contribution in [0.5, 0.6) is 0 Å². The van der Waals surface area contributed by atoms with Crippen LogP contribution in [-0.4, -0.2) is 34.5 Å². The highest BCUT2D eigenvalue weighted by atomic mass is 32.1. The molecule has 2 aromatic rings. The number of aromatic nitrogens is 2. The molecule has 2 atom stereocenters. The lowest BCUT2D eigenvalue weighted by Crippen LogP contribution is -2.40. The van der Waals surface area contributed by atoms with Gasteiger partial charge in [0.1, 0.15) is 0 Å². The number of piperidine rings is 1. The van der Waals surface area contributed by atoms with Crippen molar-refractivity contribution in [2.45, 2.75) is 38.8 Å². The molecule has 0 aliphatic carbocycles. The van der Waals surface area contributed by atoms with Crippen molar-refractivity contribution in [3.05, 3.63) is 46.7 Å². The average molecular weight is 331 g/mol. The number of hydrogen-bond acceptors (Lipinski definition) is 5. The van der Waals surface area contributed by atoms with Gasteiger partial charge in [0.2, 0.25) is 0 Å². The zero-order chi connectivity index (χ0) is 16.1. The van der Waals surface area contributed by atoms with Crippen LogP contribution in [0.2, 0.25) is 0 Å². The summed E-state index contributed by atoms with van der Waals surface area (Å²) >= 11 is 1.86. The summed E-state index contributed by atoms with van der Waals surface area (Å²) in [6, 6.07) is 5.10. The van der Waals surface area contributed by atoms with Crippen LogP contribution in [0.4, 0.5) is 0 Å². The minimum Gasteiger partial charge on any atom is -0.307 e. The molecule has 5 heteroatoms. The Bertz CT molecular complexity index is 564. The van der Waals surface area contributed by atoms with Gasteiger partial charge in [-0.3, -0.25) is 14.9 Å². The maximum Gasteiger partial charge on any atom is 0.0753 e. The molecule has 1 aliphatic rings. The Labute approximate surface area is 143 Å². The molecule has 1 saturated heterocycles. The quantitative estimate of drug-likeness (QED) is 0.877. The fourth-order valence-electron chi connectivity index (χ4n) is 3.16. The average Bonchev–Trinajstić information content (AvgIpc) is 3.11. The van der Waals surface area contributed by atoms with Crippen molar-refractivity contribution in [2.24, 2.45) is 5.92 Å². The van der Waals surface area contributed by atoms with E-state index in [4.69, 9.17) is 0 Å². The third kappa shape index (κ3) is 4.37. The first kappa shape index (κ1) is 16.6. The van der Waals surface area contributed by atoms with Crippen molar-refractivity contribution in [1.82, 2.24) is 20.2 Å². The van der Waals surface area contributed by atoms with Gasteiger partial charge in [-0.05, 0) is 50.2 Å². The number of nitrogens with one attached hydrogen (secondary N) is 1. The molecule has 0 radical (unpaired) electrons. The highest BCUT2D eigenvalue weighted by Gasteiger charge is 2.25. The Balaban J connectivity index is 1.65. The van der Waals surface area contributed by atoms with Crippen LogP contribution in [0.25, 0.3) is 0 Å². The molecule has 1 aliphatic heterocycles. The Morgan fingerprint density at radius 3 is 2.83 bits per heavy atom. The van der Waals surface area contributed by atoms with E-state index in [2.05, 4.69) is 51.5 Å². The summed E-state index contributed by atoms with van der Waals surface area (Å²) in [6.45, 7) is 7.88. The molecule has 4 nitrogen and oxygen atoms in total. The molecule has 0 spiro atoms. The first-order valence-electron chi connectivity index (χ1n) is 8.51. The van der Waals surface area contributed by atoms with Gasteiger partial charge < -0.3 is 5.32 Å². The SMILES string of the molecule is CC1CCN([C@H](CN[C@@H](C)c2cnccn2)c2cccs2)CC1. The molecular formula is C18H26N4S. The predicted octanol–water partition coefficient (Wildman–Crippen LogP) is 3.66. The van der Waals surface area contributed by atoms with E-state index in [9.17, 15) is 0 Å². The van der Waals surface area contributed by atoms with E-state index in [-0.39, 0.29) is 6.04 Å². The summed E-state index contributed by atoms with van der Waals surface area (Å²) in [5, 5.41) is 5.84. The second-order valence-corrected chi connectivity index (χ2v) is 7.49. The van der Waals surface area contributed by atoms with Gasteiger partial charge in [0.05, 0.1) is 11.7 Å². The van der Waals surface area contributed by atoms with Crippen LogP contribution in [0.3, 0.4) is 0 Å². The molecular weight excluding hydrogens is 304 g/mol. The van der Waals surface area contributed by atoms with E-state index < -0.39 is 0 Å². The zero-order valence-corrected chi connectivity index (χ0v) is 14.8. The Morgan fingerprint density at radius 2 is 2.17 bits per heavy atom. The van der Waals surface area contributed by atoms with E-state index in [0.717, 1.165) is 18.2 Å². The van der Waals surface area contributed by atoms with Crippen LogP contribution < -0.4 is 5.32 Å². The summed E-state index contributed by atoms with van der Waals surface area (Å²) in [5.41, 5.74) is 1.00. The van der Waals surface area contributed by atoms with Crippen molar-refractivity contribution in [1.29, 1.82) is 0 Å². The van der Waals surface area contributed by atoms with Crippen LogP contribution in [0, 0.1) is 5.92 Å². The summed E-state index contributed by atoms with van der Waals surface area (Å²) < 4.78 is 0. The fourth-order valence-corrected chi connectivity index (χ4v) is 4.02. The minimum absolute atomic E-state index is 0.217. The number of nitrogens with zero attached hydrogens (tertiary/aromatic N) is 3. The normalized spacial score (nSPS) is 19.6. The Kier molecular flexibility index (Phi) is 5.75. The second kappa shape index (κ2) is 7.99. The summed E-state index contributed by atoms with van der Waals surface area (Å²) in [7, 11) is 0. The van der Waals surface area contributed by atoms with Gasteiger partial charge in [0.15, 0.2) is 0 Å². The fraction of sp³-hybridized carbons (Fsp3) is 0.556. The van der Waals surface area contributed by atoms with Crippen LogP contribution in [0.15, 0.2) is 36.1 Å². The Morgan fingerprint density at radius 1 is 1.35 bits per heavy atom. The molecule has 3 rings (SSSR count). The molecule has 0 unspecified atom stereocenters. The van der Waals surface area contributed by atoms with E-state index >= 15 is 0 Å². The lowest BCUT2D eigenvalue weighted by molar-refractivity contribution is 0.135. The van der Waals surface area contributed by atoms with Crippen LogP contribution in [-0.2, 0) is 0 Å². The molecule has 0 aromatic carbocycles. The largest absolute Gasteiger partial charge is 0.307 e. The first-order valence-corrected chi connectivity index (χ1v) is 9.38. The monoisotopic (exact) mass is 330 g/mol. The summed E-state index contributed by atoms with van der Waals surface area (Å²) in [4.78, 5) is 12.7. The first-order chi connectivity index (χ1) is 11.2. The smallest absolute Gasteiger partial charge is 0.0753 e. The van der Waals surface area contributed by atoms with Crippen molar-refractivity contribution in [3.63, 3.8) is 0 Å². The number of rotatable bonds is 6. The van der Waals surface area contributed by atoms with Gasteiger partial charge in [-0.2, -0.15) is 0 Å². The molecule has 1 fully saturated rings. The lowest BCUT2D eigenvalue weighted by atomic mass is 9.97. The van der Waals surface area contributed by atoms with E-state index in [1.54, 1.807) is 12.4 Å². The highest BCUT2D eigenvalue weighted by Crippen LogP contribution is 2.29. The van der Waals surface area contributed by atoms with E-state index in [1.165, 1.54) is 30.8 Å². The van der Waals surface area contributed by atoms with Crippen LogP contribution in [0.1, 0.15) is 49.3 Å². The summed E-state index contributed by atoms with van der Waals surface area (Å²) in [5.74, 6) is 0.863. The third-order valence-corrected chi connectivity index (χ3v) is 5.75. The topological polar surface area (TPSA) is 41.0 Å². The van der Waals surface area contributed by atoms with E-state index in [0.29, 0.717) is 6.04 Å². The van der Waals surface area contributed by atoms with Gasteiger partial charge in [-0.25, -0.2) is 0 Å². The molecule has 0 bridgehead atoms. The van der Waals surface area contributed by atoms with Gasteiger partial charge in [0.25, 0.3) is 0 Å². The van der Waals surface area contributed by atoms with Gasteiger partial charge >= 0.3 is 0 Å². The molecule has 3 heterocycles. The lowest BCUT2D eigenvalue weighted by Gasteiger charge is -2.37. The van der Waals surface area contributed by atoms with Gasteiger partial charge in [-0.15, -0.1) is 11.3 Å². The third-order valence-electron chi connectivity index (χ3n) is 4.77. The molecule has 2 aromatic heterocycles. The number of likely N-dealkylation sites (tertiary alicyclic amines) is 1. The molecule has 23 heavy (non-hydrogen) atoms. The number of thiophene rings is 1. The van der Waals surface area contributed by atoms with Crippen molar-refractivity contribution >= 4 is 11.3 Å². The van der Waals surface area contributed by atoms with Crippen molar-refractivity contribution < 1.29 is 0 Å². The molecule has 124 valence electrons. The molecule has 0 saturated carbocycles. The highest BCUT2D eigenvalue weighted by molar-refractivity contribution is 7.10. The predicted molar refractivity (Wildman–Crippen MR) is 95.5 cm³/mol. The van der Waals surface area contributed by atoms with Gasteiger partial charge in [0, 0.05) is 36.1 Å². The summed E-state index contributed by atoms with van der Waals surface area (Å²) in [6.07, 6.45) is 7.94. The van der Waals surface area contributed by atoms with Gasteiger partial charge in [-0.1, -0.05) is 13.0 Å². The number of hydrogen-bond donors (Lipinski definition) is 1. The maximum absolute atomic E-state index is 4.41. The van der Waals surface area contributed by atoms with Crippen LogP contribution >= 0.6 is 11.3 Å². The molecule has 0 amide bonds. The van der Waals surface area contributed by atoms with E-state index in [1.807, 2.05) is 17.5 Å². The zero-order valence-electron chi connectivity index (χ0n) is 14.0.